The minimum absolute atomic E-state index is 0.00951. The van der Waals surface area contributed by atoms with Crippen molar-refractivity contribution in [2.45, 2.75) is 23.6 Å². The van der Waals surface area contributed by atoms with E-state index in [1.807, 2.05) is 0 Å². The Morgan fingerprint density at radius 3 is 1.84 bits per heavy atom. The average molecular weight is 627 g/mol. The van der Waals surface area contributed by atoms with E-state index < -0.39 is 70.0 Å². The van der Waals surface area contributed by atoms with E-state index in [1.165, 1.54) is 24.4 Å². The van der Waals surface area contributed by atoms with Crippen molar-refractivity contribution in [2.75, 3.05) is 0 Å². The van der Waals surface area contributed by atoms with Gasteiger partial charge in [0.2, 0.25) is 5.78 Å². The van der Waals surface area contributed by atoms with Crippen LogP contribution in [-0.4, -0.2) is 69.3 Å². The molecule has 2 aliphatic rings. The number of carbonyl (C=O) groups excluding carboxylic acids is 4. The maximum atomic E-state index is 12.5. The van der Waals surface area contributed by atoms with Gasteiger partial charge in [-0.15, -0.1) is 0 Å². The number of H-pyrrole nitrogens is 1. The number of aryl methyl sites for hydroxylation is 2. The minimum Gasteiger partial charge on any atom is -0.507 e. The number of carbonyl (C=O) groups is 4. The highest BCUT2D eigenvalue weighted by atomic mass is 32.2. The Labute approximate surface area is 242 Å². The van der Waals surface area contributed by atoms with Crippen LogP contribution in [0.1, 0.15) is 75.2 Å². The molecule has 43 heavy (non-hydrogen) atoms. The molecule has 0 spiro atoms. The molecule has 0 saturated heterocycles. The summed E-state index contributed by atoms with van der Waals surface area (Å²) in [5, 5.41) is 19.8. The predicted octanol–water partition coefficient (Wildman–Crippen LogP) is 2.17. The fourth-order valence-electron chi connectivity index (χ4n) is 4.99. The number of phenols is 2. The number of rotatable bonds is 2. The molecule has 2 aliphatic carbocycles. The number of ketones is 4. The van der Waals surface area contributed by atoms with Gasteiger partial charge in [-0.3, -0.25) is 33.3 Å². The molecule has 6 rings (SSSR count). The molecule has 0 bridgehead atoms. The third-order valence-corrected chi connectivity index (χ3v) is 8.57. The van der Waals surface area contributed by atoms with Gasteiger partial charge < -0.3 is 15.2 Å². The minimum atomic E-state index is -4.90. The number of fused-ring (bicyclic) bond motifs is 4. The smallest absolute Gasteiger partial charge is 0.298 e. The van der Waals surface area contributed by atoms with Gasteiger partial charge in [-0.2, -0.15) is 16.8 Å². The molecule has 220 valence electrons. The van der Waals surface area contributed by atoms with E-state index in [9.17, 15) is 46.2 Å². The van der Waals surface area contributed by atoms with E-state index in [-0.39, 0.29) is 33.7 Å². The Balaban J connectivity index is 0.000000171. The summed E-state index contributed by atoms with van der Waals surface area (Å²) in [6, 6.07) is 6.57. The first kappa shape index (κ1) is 29.5. The van der Waals surface area contributed by atoms with Crippen LogP contribution < -0.4 is 0 Å². The Morgan fingerprint density at radius 1 is 0.674 bits per heavy atom. The summed E-state index contributed by atoms with van der Waals surface area (Å²) in [6.45, 7) is 3.38. The van der Waals surface area contributed by atoms with E-state index in [0.29, 0.717) is 23.0 Å². The first-order valence-corrected chi connectivity index (χ1v) is 14.8. The second kappa shape index (κ2) is 9.77. The van der Waals surface area contributed by atoms with E-state index in [0.717, 1.165) is 12.1 Å². The lowest BCUT2D eigenvalue weighted by molar-refractivity contribution is 0.0969. The first-order chi connectivity index (χ1) is 19.9. The number of hydrogen-bond acceptors (Lipinski definition) is 11. The number of aromatic hydroxyl groups is 2. The number of aromatic nitrogens is 2. The van der Waals surface area contributed by atoms with Crippen molar-refractivity contribution in [1.29, 1.82) is 0 Å². The summed E-state index contributed by atoms with van der Waals surface area (Å²) in [5.74, 6) is -4.41. The normalized spacial score (nSPS) is 13.9. The average Bonchev–Trinajstić information content (AvgIpc) is 3.24. The molecule has 0 amide bonds. The summed E-state index contributed by atoms with van der Waals surface area (Å²) in [4.78, 5) is 54.9. The number of phenolic OH excluding ortho intramolecular Hbond substituents is 2. The largest absolute Gasteiger partial charge is 0.507 e. The lowest BCUT2D eigenvalue weighted by atomic mass is 9.84. The summed E-state index contributed by atoms with van der Waals surface area (Å²) in [7, 11) is -9.33. The quantitative estimate of drug-likeness (QED) is 0.137. The van der Waals surface area contributed by atoms with Crippen LogP contribution in [0.3, 0.4) is 0 Å². The SMILES string of the molecule is Cc1[nH]c(C)c2c1C(=O)c1ccc(S(=O)(=O)O)cc1C2=O.O=C1c2ncccc2C(=O)c2c(O)c(S(=O)(=O)O)cc(O)c21. The van der Waals surface area contributed by atoms with Crippen molar-refractivity contribution < 1.29 is 55.3 Å². The van der Waals surface area contributed by atoms with Crippen LogP contribution in [0.5, 0.6) is 11.5 Å². The molecule has 2 heterocycles. The van der Waals surface area contributed by atoms with Crippen molar-refractivity contribution >= 4 is 43.4 Å². The predicted molar refractivity (Wildman–Crippen MR) is 144 cm³/mol. The number of benzene rings is 2. The van der Waals surface area contributed by atoms with Crippen LogP contribution in [0.15, 0.2) is 52.4 Å². The molecular formula is C27H18N2O12S2. The van der Waals surface area contributed by atoms with E-state index in [2.05, 4.69) is 9.97 Å². The van der Waals surface area contributed by atoms with Crippen molar-refractivity contribution in [3.05, 3.63) is 98.6 Å². The Morgan fingerprint density at radius 2 is 1.26 bits per heavy atom. The third-order valence-electron chi connectivity index (χ3n) is 6.85. The van der Waals surface area contributed by atoms with E-state index in [1.54, 1.807) is 13.8 Å². The van der Waals surface area contributed by atoms with Gasteiger partial charge in [0.15, 0.2) is 17.3 Å². The number of nitrogens with one attached hydrogen (secondary N) is 1. The van der Waals surface area contributed by atoms with E-state index in [4.69, 9.17) is 9.11 Å². The fraction of sp³-hybridized carbons (Fsp3) is 0.0741. The molecule has 0 atom stereocenters. The van der Waals surface area contributed by atoms with Crippen LogP contribution in [0.4, 0.5) is 0 Å². The van der Waals surface area contributed by atoms with Crippen molar-refractivity contribution in [2.24, 2.45) is 0 Å². The number of nitrogens with zero attached hydrogens (tertiary/aromatic N) is 1. The maximum Gasteiger partial charge on any atom is 0.298 e. The fourth-order valence-corrected chi connectivity index (χ4v) is 6.11. The lowest BCUT2D eigenvalue weighted by Gasteiger charge is -2.19. The summed E-state index contributed by atoms with van der Waals surface area (Å²) in [6.07, 6.45) is 1.28. The Hall–Kier alpha value is -5.03. The van der Waals surface area contributed by atoms with Crippen LogP contribution >= 0.6 is 0 Å². The standard InChI is InChI=1S/C14H11NO5S.C13H7NO7S/c1-6-11-12(7(2)15-6)14(17)10-5-8(21(18,19)20)3-4-9(10)13(11)16;15-6-4-7(22(19,20)21)12(17)9-8(6)13(18)10-5(11(9)16)2-1-3-14-10/h3-5,15H,1-2H3,(H,18,19,20);1-4,15,17H,(H,19,20,21). The zero-order valence-corrected chi connectivity index (χ0v) is 23.5. The molecular weight excluding hydrogens is 608 g/mol. The Kier molecular flexibility index (Phi) is 6.69. The van der Waals surface area contributed by atoms with Gasteiger partial charge >= 0.3 is 0 Å². The highest BCUT2D eigenvalue weighted by Crippen LogP contribution is 2.41. The van der Waals surface area contributed by atoms with Gasteiger partial charge in [0.25, 0.3) is 20.2 Å². The molecule has 2 aromatic carbocycles. The summed E-state index contributed by atoms with van der Waals surface area (Å²) < 4.78 is 62.9. The van der Waals surface area contributed by atoms with Gasteiger partial charge in [0.05, 0.1) is 32.7 Å². The van der Waals surface area contributed by atoms with Crippen LogP contribution in [0.25, 0.3) is 0 Å². The van der Waals surface area contributed by atoms with Crippen LogP contribution in [-0.2, 0) is 20.2 Å². The zero-order valence-electron chi connectivity index (χ0n) is 21.9. The number of aromatic amines is 1. The molecule has 0 fully saturated rings. The topological polar surface area (TPSA) is 246 Å². The molecule has 14 nitrogen and oxygen atoms in total. The van der Waals surface area contributed by atoms with Crippen molar-refractivity contribution in [3.8, 4) is 11.5 Å². The van der Waals surface area contributed by atoms with Crippen molar-refractivity contribution in [1.82, 2.24) is 9.97 Å². The monoisotopic (exact) mass is 626 g/mol. The molecule has 5 N–H and O–H groups in total. The molecule has 0 aliphatic heterocycles. The third kappa shape index (κ3) is 4.62. The number of pyridine rings is 1. The van der Waals surface area contributed by atoms with E-state index >= 15 is 0 Å². The second-order valence-electron chi connectivity index (χ2n) is 9.49. The summed E-state index contributed by atoms with van der Waals surface area (Å²) >= 11 is 0. The Bertz CT molecular complexity index is 2200. The summed E-state index contributed by atoms with van der Waals surface area (Å²) in [5.41, 5.74) is 0.290. The molecule has 0 saturated carbocycles. The second-order valence-corrected chi connectivity index (χ2v) is 12.3. The van der Waals surface area contributed by atoms with Crippen molar-refractivity contribution in [3.63, 3.8) is 0 Å². The van der Waals surface area contributed by atoms with Crippen LogP contribution in [0.2, 0.25) is 0 Å². The van der Waals surface area contributed by atoms with Gasteiger partial charge in [0.1, 0.15) is 22.1 Å². The highest BCUT2D eigenvalue weighted by Gasteiger charge is 2.38. The lowest BCUT2D eigenvalue weighted by Crippen LogP contribution is -2.23. The zero-order chi connectivity index (χ0) is 31.8. The molecule has 2 aromatic heterocycles. The highest BCUT2D eigenvalue weighted by molar-refractivity contribution is 7.86. The molecule has 16 heteroatoms. The van der Waals surface area contributed by atoms with Gasteiger partial charge in [-0.1, -0.05) is 0 Å². The molecule has 4 aromatic rings. The molecule has 0 unspecified atom stereocenters. The number of hydrogen-bond donors (Lipinski definition) is 5. The first-order valence-electron chi connectivity index (χ1n) is 12.0. The molecule has 0 radical (unpaired) electrons. The van der Waals surface area contributed by atoms with Gasteiger partial charge in [0, 0.05) is 34.8 Å². The van der Waals surface area contributed by atoms with Gasteiger partial charge in [-0.05, 0) is 44.2 Å². The maximum absolute atomic E-state index is 12.5. The van der Waals surface area contributed by atoms with Crippen LogP contribution in [0, 0.1) is 13.8 Å². The van der Waals surface area contributed by atoms with Gasteiger partial charge in [-0.25, -0.2) is 0 Å².